The van der Waals surface area contributed by atoms with Crippen molar-refractivity contribution in [2.75, 3.05) is 14.2 Å². The highest BCUT2D eigenvalue weighted by Gasteiger charge is 2.09. The number of rotatable bonds is 3. The first-order valence-corrected chi connectivity index (χ1v) is 2.94. The van der Waals surface area contributed by atoms with E-state index in [0.29, 0.717) is 11.4 Å². The summed E-state index contributed by atoms with van der Waals surface area (Å²) in [5.74, 6) is 0. The minimum atomic E-state index is -1.77. The first kappa shape index (κ1) is 11.0. The van der Waals surface area contributed by atoms with Crippen molar-refractivity contribution in [1.82, 2.24) is 5.23 Å². The molecule has 70 valence electrons. The van der Waals surface area contributed by atoms with Crippen LogP contribution in [0.3, 0.4) is 0 Å². The Morgan fingerprint density at radius 2 is 2.00 bits per heavy atom. The molecule has 0 aliphatic carbocycles. The molecule has 0 aromatic rings. The lowest BCUT2D eigenvalue weighted by Gasteiger charge is -2.11. The maximum Gasteiger partial charge on any atom is 0.392 e. The van der Waals surface area contributed by atoms with Crippen LogP contribution < -0.4 is 0 Å². The number of hydrogen-bond acceptors (Lipinski definition) is 5. The van der Waals surface area contributed by atoms with E-state index in [1.54, 1.807) is 0 Å². The maximum atomic E-state index is 10.8. The second-order valence-electron chi connectivity index (χ2n) is 1.60. The van der Waals surface area contributed by atoms with E-state index in [2.05, 4.69) is 14.7 Å². The lowest BCUT2D eigenvalue weighted by molar-refractivity contribution is -0.296. The summed E-state index contributed by atoms with van der Waals surface area (Å²) in [6.45, 7) is 0. The number of hydrogen-bond donors (Lipinski definition) is 2. The van der Waals surface area contributed by atoms with Gasteiger partial charge in [0.05, 0.1) is 20.4 Å². The Balaban J connectivity index is 4.01. The molecule has 7 heteroatoms. The number of nitrogens with zero attached hydrogens (tertiary/aromatic N) is 2. The van der Waals surface area contributed by atoms with Crippen molar-refractivity contribution in [3.05, 3.63) is 0 Å². The van der Waals surface area contributed by atoms with E-state index in [-0.39, 0.29) is 0 Å². The van der Waals surface area contributed by atoms with Crippen LogP contribution in [0.5, 0.6) is 0 Å². The number of carbonyl (C=O) groups excluding carboxylic acids is 1. The molecule has 0 aliphatic rings. The van der Waals surface area contributed by atoms with Crippen LogP contribution in [0, 0.1) is 0 Å². The molecule has 0 aromatic heterocycles. The molecule has 0 radical (unpaired) electrons. The van der Waals surface area contributed by atoms with Crippen LogP contribution in [0.2, 0.25) is 0 Å². The van der Waals surface area contributed by atoms with E-state index in [4.69, 9.17) is 10.2 Å². The van der Waals surface area contributed by atoms with Crippen molar-refractivity contribution in [1.29, 1.82) is 0 Å². The number of aliphatic hydroxyl groups is 2. The predicted molar refractivity (Wildman–Crippen MR) is 38.0 cm³/mol. The average molecular weight is 178 g/mol. The fourth-order valence-corrected chi connectivity index (χ4v) is 0.408. The third-order valence-electron chi connectivity index (χ3n) is 0.806. The van der Waals surface area contributed by atoms with Crippen LogP contribution in [0.25, 0.3) is 0 Å². The van der Waals surface area contributed by atoms with Crippen LogP contribution >= 0.6 is 0 Å². The van der Waals surface area contributed by atoms with Gasteiger partial charge in [-0.3, -0.25) is 0 Å². The summed E-state index contributed by atoms with van der Waals surface area (Å²) in [6, 6.07) is -0.895. The second kappa shape index (κ2) is 5.61. The van der Waals surface area contributed by atoms with Crippen molar-refractivity contribution < 1.29 is 24.7 Å². The second-order valence-corrected chi connectivity index (χ2v) is 1.60. The molecule has 0 heterocycles. The number of urea groups is 1. The molecule has 0 fully saturated rings. The molecule has 0 saturated heterocycles. The van der Waals surface area contributed by atoms with Crippen molar-refractivity contribution in [3.8, 4) is 0 Å². The number of aliphatic hydroxyl groups excluding tert-OH is 1. The molecule has 0 unspecified atom stereocenters. The Morgan fingerprint density at radius 3 is 2.33 bits per heavy atom. The highest BCUT2D eigenvalue weighted by atomic mass is 16.9. The quantitative estimate of drug-likeness (QED) is 0.325. The Hall–Kier alpha value is -1.02. The van der Waals surface area contributed by atoms with Gasteiger partial charge in [0, 0.05) is 0 Å². The normalized spacial score (nSPS) is 11.1. The van der Waals surface area contributed by atoms with Gasteiger partial charge < -0.3 is 10.2 Å². The van der Waals surface area contributed by atoms with Gasteiger partial charge in [0.25, 0.3) is 0 Å². The van der Waals surface area contributed by atoms with Crippen LogP contribution in [0.1, 0.15) is 0 Å². The monoisotopic (exact) mass is 178 g/mol. The minimum absolute atomic E-state index is 0.471. The zero-order valence-corrected chi connectivity index (χ0v) is 6.67. The van der Waals surface area contributed by atoms with Gasteiger partial charge in [0.2, 0.25) is 0 Å². The van der Waals surface area contributed by atoms with Gasteiger partial charge in [-0.25, -0.2) is 14.5 Å². The van der Waals surface area contributed by atoms with E-state index in [0.717, 1.165) is 0 Å². The Kier molecular flexibility index (Phi) is 5.13. The van der Waals surface area contributed by atoms with Gasteiger partial charge >= 0.3 is 6.03 Å². The highest BCUT2D eigenvalue weighted by molar-refractivity contribution is 5.83. The average Bonchev–Trinajstić information content (AvgIpc) is 2.03. The molecule has 2 N–H and O–H groups in total. The summed E-state index contributed by atoms with van der Waals surface area (Å²) in [5, 5.41) is 17.0. The molecule has 2 amide bonds. The molecule has 7 nitrogen and oxygen atoms in total. The zero-order valence-electron chi connectivity index (χ0n) is 6.67. The van der Waals surface area contributed by atoms with E-state index < -0.39 is 12.3 Å². The molecule has 0 aromatic carbocycles. The Bertz CT molecular complexity index is 165. The maximum absolute atomic E-state index is 10.8. The number of hydroxylamine groups is 2. The van der Waals surface area contributed by atoms with Gasteiger partial charge in [0.1, 0.15) is 0 Å². The predicted octanol–water partition coefficient (Wildman–Crippen LogP) is -1.09. The summed E-state index contributed by atoms with van der Waals surface area (Å²) in [4.78, 5) is 22.6. The van der Waals surface area contributed by atoms with E-state index in [1.807, 2.05) is 0 Å². The van der Waals surface area contributed by atoms with Crippen molar-refractivity contribution in [2.24, 2.45) is 4.99 Å². The standard InChI is InChI=1S/C5H10N2O5/c1-11-7(12-2)5(10)6-3-4(8)9/h3-4,8-9H,1-2H3. The Labute approximate surface area is 68.7 Å². The summed E-state index contributed by atoms with van der Waals surface area (Å²) >= 11 is 0. The molecular weight excluding hydrogens is 168 g/mol. The first-order valence-electron chi connectivity index (χ1n) is 2.94. The molecule has 0 rings (SSSR count). The summed E-state index contributed by atoms with van der Waals surface area (Å²) < 4.78 is 0. The zero-order chi connectivity index (χ0) is 9.56. The summed E-state index contributed by atoms with van der Waals surface area (Å²) in [6.07, 6.45) is -1.14. The van der Waals surface area contributed by atoms with Crippen molar-refractivity contribution in [3.63, 3.8) is 0 Å². The molecule has 12 heavy (non-hydrogen) atoms. The van der Waals surface area contributed by atoms with Gasteiger partial charge in [0.15, 0.2) is 6.29 Å². The smallest absolute Gasteiger partial charge is 0.364 e. The van der Waals surface area contributed by atoms with Crippen molar-refractivity contribution in [2.45, 2.75) is 6.29 Å². The number of aliphatic imine (C=N–C) groups is 1. The third-order valence-corrected chi connectivity index (χ3v) is 0.806. The SMILES string of the molecule is CON(OC)C(=O)N=CC(O)O. The fourth-order valence-electron chi connectivity index (χ4n) is 0.408. The number of amides is 2. The lowest BCUT2D eigenvalue weighted by atomic mass is 10.7. The Morgan fingerprint density at radius 1 is 1.50 bits per heavy atom. The number of carbonyl (C=O) groups is 1. The highest BCUT2D eigenvalue weighted by Crippen LogP contribution is 1.92. The van der Waals surface area contributed by atoms with E-state index in [9.17, 15) is 4.79 Å². The molecule has 0 atom stereocenters. The van der Waals surface area contributed by atoms with Gasteiger partial charge in [-0.15, -0.1) is 0 Å². The molecule has 0 saturated carbocycles. The van der Waals surface area contributed by atoms with Gasteiger partial charge in [-0.05, 0) is 0 Å². The molecule has 0 bridgehead atoms. The van der Waals surface area contributed by atoms with E-state index >= 15 is 0 Å². The van der Waals surface area contributed by atoms with Gasteiger partial charge in [-0.1, -0.05) is 5.23 Å². The summed E-state index contributed by atoms with van der Waals surface area (Å²) in [7, 11) is 2.40. The molecular formula is C5H10N2O5. The van der Waals surface area contributed by atoms with E-state index in [1.165, 1.54) is 14.2 Å². The topological polar surface area (TPSA) is 91.6 Å². The van der Waals surface area contributed by atoms with Crippen LogP contribution in [-0.2, 0) is 9.68 Å². The summed E-state index contributed by atoms with van der Waals surface area (Å²) in [5.41, 5.74) is 0. The largest absolute Gasteiger partial charge is 0.392 e. The minimum Gasteiger partial charge on any atom is -0.364 e. The van der Waals surface area contributed by atoms with Crippen LogP contribution in [0.15, 0.2) is 4.99 Å². The lowest BCUT2D eigenvalue weighted by Crippen LogP contribution is -2.26. The third kappa shape index (κ3) is 3.98. The molecule has 0 aliphatic heterocycles. The van der Waals surface area contributed by atoms with Crippen LogP contribution in [-0.4, -0.2) is 48.2 Å². The first-order chi connectivity index (χ1) is 5.61. The van der Waals surface area contributed by atoms with Crippen LogP contribution in [0.4, 0.5) is 4.79 Å². The van der Waals surface area contributed by atoms with Crippen molar-refractivity contribution >= 4 is 12.2 Å². The fraction of sp³-hybridized carbons (Fsp3) is 0.600. The van der Waals surface area contributed by atoms with Gasteiger partial charge in [-0.2, -0.15) is 4.99 Å². The molecule has 0 spiro atoms.